The van der Waals surface area contributed by atoms with E-state index in [1.807, 2.05) is 0 Å². The zero-order chi connectivity index (χ0) is 14.5. The second-order valence-electron chi connectivity index (χ2n) is 6.17. The second-order valence-corrected chi connectivity index (χ2v) is 6.17. The molecule has 0 amide bonds. The SMILES string of the molecule is COc1ccc2c(c1)C(NC(C)CCN(C)C)CCC2. The molecule has 0 radical (unpaired) electrons. The van der Waals surface area contributed by atoms with E-state index in [1.54, 1.807) is 7.11 Å². The van der Waals surface area contributed by atoms with Gasteiger partial charge in [0.1, 0.15) is 5.75 Å². The van der Waals surface area contributed by atoms with Crippen molar-refractivity contribution in [2.24, 2.45) is 0 Å². The van der Waals surface area contributed by atoms with Gasteiger partial charge in [0, 0.05) is 12.1 Å². The van der Waals surface area contributed by atoms with Crippen LogP contribution in [0.15, 0.2) is 18.2 Å². The molecule has 0 aliphatic heterocycles. The van der Waals surface area contributed by atoms with Gasteiger partial charge in [-0.1, -0.05) is 6.07 Å². The highest BCUT2D eigenvalue weighted by molar-refractivity contribution is 5.39. The van der Waals surface area contributed by atoms with E-state index in [2.05, 4.69) is 49.4 Å². The van der Waals surface area contributed by atoms with Crippen LogP contribution in [0.4, 0.5) is 0 Å². The number of methoxy groups -OCH3 is 1. The summed E-state index contributed by atoms with van der Waals surface area (Å²) in [7, 11) is 6.01. The number of aryl methyl sites for hydroxylation is 1. The number of nitrogens with one attached hydrogen (secondary N) is 1. The van der Waals surface area contributed by atoms with E-state index in [-0.39, 0.29) is 0 Å². The van der Waals surface area contributed by atoms with Crippen LogP contribution in [-0.4, -0.2) is 38.7 Å². The lowest BCUT2D eigenvalue weighted by Crippen LogP contribution is -2.34. The van der Waals surface area contributed by atoms with Crippen molar-refractivity contribution in [1.82, 2.24) is 10.2 Å². The number of ether oxygens (including phenoxy) is 1. The Labute approximate surface area is 123 Å². The highest BCUT2D eigenvalue weighted by atomic mass is 16.5. The molecule has 0 saturated heterocycles. The summed E-state index contributed by atoms with van der Waals surface area (Å²) in [6.45, 7) is 3.42. The van der Waals surface area contributed by atoms with Gasteiger partial charge in [0.25, 0.3) is 0 Å². The van der Waals surface area contributed by atoms with Gasteiger partial charge in [-0.3, -0.25) is 0 Å². The average Bonchev–Trinajstić information content (AvgIpc) is 2.45. The van der Waals surface area contributed by atoms with Crippen molar-refractivity contribution < 1.29 is 4.74 Å². The maximum Gasteiger partial charge on any atom is 0.119 e. The number of fused-ring (bicyclic) bond motifs is 1. The first-order valence-electron chi connectivity index (χ1n) is 7.67. The first-order valence-corrected chi connectivity index (χ1v) is 7.67. The van der Waals surface area contributed by atoms with Crippen LogP contribution >= 0.6 is 0 Å². The summed E-state index contributed by atoms with van der Waals surface area (Å²) in [5, 5.41) is 3.80. The normalized spacial score (nSPS) is 19.8. The molecule has 1 aromatic carbocycles. The first-order chi connectivity index (χ1) is 9.60. The topological polar surface area (TPSA) is 24.5 Å². The van der Waals surface area contributed by atoms with Crippen LogP contribution in [0.2, 0.25) is 0 Å². The van der Waals surface area contributed by atoms with Gasteiger partial charge in [-0.15, -0.1) is 0 Å². The van der Waals surface area contributed by atoms with Gasteiger partial charge >= 0.3 is 0 Å². The van der Waals surface area contributed by atoms with Crippen LogP contribution in [0.5, 0.6) is 5.75 Å². The molecule has 1 aliphatic rings. The van der Waals surface area contributed by atoms with Gasteiger partial charge < -0.3 is 15.0 Å². The van der Waals surface area contributed by atoms with Gasteiger partial charge in [0.05, 0.1) is 7.11 Å². The fourth-order valence-corrected chi connectivity index (χ4v) is 2.96. The monoisotopic (exact) mass is 276 g/mol. The van der Waals surface area contributed by atoms with Crippen LogP contribution in [0.3, 0.4) is 0 Å². The van der Waals surface area contributed by atoms with Gasteiger partial charge in [0.2, 0.25) is 0 Å². The van der Waals surface area contributed by atoms with Crippen LogP contribution < -0.4 is 10.1 Å². The van der Waals surface area contributed by atoms with Gasteiger partial charge in [-0.25, -0.2) is 0 Å². The third-order valence-electron chi connectivity index (χ3n) is 4.16. The van der Waals surface area contributed by atoms with Crippen LogP contribution in [0, 0.1) is 0 Å². The van der Waals surface area contributed by atoms with Gasteiger partial charge in [0.15, 0.2) is 0 Å². The van der Waals surface area contributed by atoms with Crippen molar-refractivity contribution in [2.75, 3.05) is 27.7 Å². The Bertz CT molecular complexity index is 431. The van der Waals surface area contributed by atoms with Gasteiger partial charge in [-0.05, 0) is 76.5 Å². The zero-order valence-corrected chi connectivity index (χ0v) is 13.3. The minimum atomic E-state index is 0.478. The summed E-state index contributed by atoms with van der Waals surface area (Å²) in [6, 6.07) is 7.54. The lowest BCUT2D eigenvalue weighted by molar-refractivity contribution is 0.337. The molecule has 2 rings (SSSR count). The molecule has 3 nitrogen and oxygen atoms in total. The Morgan fingerprint density at radius 3 is 2.90 bits per heavy atom. The molecule has 0 aromatic heterocycles. The average molecular weight is 276 g/mol. The molecule has 0 bridgehead atoms. The van der Waals surface area contributed by atoms with Crippen molar-refractivity contribution >= 4 is 0 Å². The molecule has 1 N–H and O–H groups in total. The Balaban J connectivity index is 2.03. The molecule has 3 heteroatoms. The van der Waals surface area contributed by atoms with Crippen LogP contribution in [-0.2, 0) is 6.42 Å². The Morgan fingerprint density at radius 1 is 1.40 bits per heavy atom. The summed E-state index contributed by atoms with van der Waals surface area (Å²) in [5.74, 6) is 0.971. The molecular formula is C17H28N2O. The molecule has 0 heterocycles. The lowest BCUT2D eigenvalue weighted by Gasteiger charge is -2.30. The van der Waals surface area contributed by atoms with E-state index in [1.165, 1.54) is 36.8 Å². The van der Waals surface area contributed by atoms with Gasteiger partial charge in [-0.2, -0.15) is 0 Å². The zero-order valence-electron chi connectivity index (χ0n) is 13.3. The molecule has 2 unspecified atom stereocenters. The lowest BCUT2D eigenvalue weighted by atomic mass is 9.87. The van der Waals surface area contributed by atoms with E-state index < -0.39 is 0 Å². The van der Waals surface area contributed by atoms with Crippen molar-refractivity contribution in [1.29, 1.82) is 0 Å². The maximum absolute atomic E-state index is 5.38. The Kier molecular flexibility index (Phi) is 5.44. The van der Waals surface area contributed by atoms with E-state index in [4.69, 9.17) is 4.74 Å². The molecule has 0 fully saturated rings. The van der Waals surface area contributed by atoms with Crippen molar-refractivity contribution in [3.8, 4) is 5.75 Å². The number of hydrogen-bond donors (Lipinski definition) is 1. The minimum Gasteiger partial charge on any atom is -0.497 e. The van der Waals surface area contributed by atoms with Crippen molar-refractivity contribution in [3.63, 3.8) is 0 Å². The molecule has 1 aliphatic carbocycles. The van der Waals surface area contributed by atoms with E-state index in [0.717, 1.165) is 12.3 Å². The quantitative estimate of drug-likeness (QED) is 0.864. The fraction of sp³-hybridized carbons (Fsp3) is 0.647. The largest absolute Gasteiger partial charge is 0.497 e. The Morgan fingerprint density at radius 2 is 2.20 bits per heavy atom. The van der Waals surface area contributed by atoms with Crippen LogP contribution in [0.1, 0.15) is 43.4 Å². The van der Waals surface area contributed by atoms with E-state index >= 15 is 0 Å². The third kappa shape index (κ3) is 3.97. The predicted molar refractivity (Wildman–Crippen MR) is 84.4 cm³/mol. The molecular weight excluding hydrogens is 248 g/mol. The molecule has 112 valence electrons. The predicted octanol–water partition coefficient (Wildman–Crippen LogP) is 3.00. The summed E-state index contributed by atoms with van der Waals surface area (Å²) < 4.78 is 5.38. The molecule has 0 spiro atoms. The van der Waals surface area contributed by atoms with Crippen molar-refractivity contribution in [2.45, 2.75) is 44.7 Å². The number of nitrogens with zero attached hydrogens (tertiary/aromatic N) is 1. The second kappa shape index (κ2) is 7.09. The summed E-state index contributed by atoms with van der Waals surface area (Å²) >= 11 is 0. The highest BCUT2D eigenvalue weighted by Crippen LogP contribution is 2.32. The van der Waals surface area contributed by atoms with E-state index in [9.17, 15) is 0 Å². The molecule has 1 aromatic rings. The summed E-state index contributed by atoms with van der Waals surface area (Å²) in [5.41, 5.74) is 2.92. The van der Waals surface area contributed by atoms with E-state index in [0.29, 0.717) is 12.1 Å². The fourth-order valence-electron chi connectivity index (χ4n) is 2.96. The smallest absolute Gasteiger partial charge is 0.119 e. The maximum atomic E-state index is 5.38. The molecule has 0 saturated carbocycles. The number of rotatable bonds is 6. The van der Waals surface area contributed by atoms with Crippen molar-refractivity contribution in [3.05, 3.63) is 29.3 Å². The van der Waals surface area contributed by atoms with Crippen LogP contribution in [0.25, 0.3) is 0 Å². The number of hydrogen-bond acceptors (Lipinski definition) is 3. The summed E-state index contributed by atoms with van der Waals surface area (Å²) in [6.07, 6.45) is 4.89. The first kappa shape index (κ1) is 15.3. The highest BCUT2D eigenvalue weighted by Gasteiger charge is 2.22. The third-order valence-corrected chi connectivity index (χ3v) is 4.16. The standard InChI is InChI=1S/C17H28N2O/c1-13(10-11-19(2)3)18-17-7-5-6-14-8-9-15(20-4)12-16(14)17/h8-9,12-13,17-18H,5-7,10-11H2,1-4H3. The minimum absolute atomic E-state index is 0.478. The Hall–Kier alpha value is -1.06. The molecule has 20 heavy (non-hydrogen) atoms. The molecule has 2 atom stereocenters. The number of benzene rings is 1. The summed E-state index contributed by atoms with van der Waals surface area (Å²) in [4.78, 5) is 2.25.